The Labute approximate surface area is 155 Å². The molecule has 0 bridgehead atoms. The third-order valence-corrected chi connectivity index (χ3v) is 5.75. The van der Waals surface area contributed by atoms with Gasteiger partial charge in [0.05, 0.1) is 12.1 Å². The first kappa shape index (κ1) is 18.3. The molecule has 0 aliphatic heterocycles. The number of carbonyl (C=O) groups excluding carboxylic acids is 1. The number of anilines is 1. The van der Waals surface area contributed by atoms with Crippen LogP contribution in [-0.4, -0.2) is 32.5 Å². The number of amides is 1. The maximum atomic E-state index is 12.8. The lowest BCUT2D eigenvalue weighted by molar-refractivity contribution is -0.117. The van der Waals surface area contributed by atoms with E-state index in [1.165, 1.54) is 17.4 Å². The highest BCUT2D eigenvalue weighted by atomic mass is 32.1. The van der Waals surface area contributed by atoms with Crippen LogP contribution in [0.25, 0.3) is 5.65 Å². The molecule has 0 spiro atoms. The minimum absolute atomic E-state index is 0.0584. The van der Waals surface area contributed by atoms with Gasteiger partial charge in [-0.2, -0.15) is 0 Å². The monoisotopic (exact) mass is 373 g/mol. The zero-order chi connectivity index (χ0) is 19.0. The van der Waals surface area contributed by atoms with Crippen LogP contribution in [0.5, 0.6) is 0 Å². The molecule has 0 aliphatic carbocycles. The van der Waals surface area contributed by atoms with Crippen molar-refractivity contribution < 1.29 is 4.79 Å². The van der Waals surface area contributed by atoms with Gasteiger partial charge in [-0.3, -0.25) is 19.6 Å². The smallest absolute Gasteiger partial charge is 0.266 e. The Morgan fingerprint density at radius 1 is 1.38 bits per heavy atom. The maximum absolute atomic E-state index is 12.8. The first-order chi connectivity index (χ1) is 12.3. The Morgan fingerprint density at radius 2 is 2.12 bits per heavy atom. The van der Waals surface area contributed by atoms with Gasteiger partial charge in [0.25, 0.3) is 5.56 Å². The number of aromatic nitrogens is 4. The van der Waals surface area contributed by atoms with Crippen LogP contribution in [0.2, 0.25) is 0 Å². The average molecular weight is 373 g/mol. The van der Waals surface area contributed by atoms with Crippen molar-refractivity contribution in [3.05, 3.63) is 44.4 Å². The molecule has 3 aromatic rings. The molecule has 0 aliphatic rings. The van der Waals surface area contributed by atoms with Crippen molar-refractivity contribution in [3.8, 4) is 0 Å². The van der Waals surface area contributed by atoms with Gasteiger partial charge in [-0.15, -0.1) is 11.3 Å². The zero-order valence-corrected chi connectivity index (χ0v) is 16.5. The van der Waals surface area contributed by atoms with E-state index in [9.17, 15) is 9.59 Å². The molecule has 1 amide bonds. The quantitative estimate of drug-likeness (QED) is 0.745. The second-order valence-electron chi connectivity index (χ2n) is 6.57. The van der Waals surface area contributed by atoms with Gasteiger partial charge in [-0.1, -0.05) is 13.8 Å². The number of aromatic amines is 1. The van der Waals surface area contributed by atoms with Gasteiger partial charge < -0.3 is 0 Å². The maximum Gasteiger partial charge on any atom is 0.266 e. The molecule has 3 aromatic heterocycles. The van der Waals surface area contributed by atoms with E-state index in [1.807, 2.05) is 19.2 Å². The summed E-state index contributed by atoms with van der Waals surface area (Å²) in [5.41, 5.74) is 3.76. The molecule has 3 rings (SSSR count). The summed E-state index contributed by atoms with van der Waals surface area (Å²) in [6, 6.07) is 1.45. The van der Waals surface area contributed by atoms with Crippen molar-refractivity contribution in [1.82, 2.24) is 19.6 Å². The van der Waals surface area contributed by atoms with Gasteiger partial charge in [0.15, 0.2) is 10.8 Å². The van der Waals surface area contributed by atoms with Crippen LogP contribution in [0, 0.1) is 13.8 Å². The number of hydrogen-bond acceptors (Lipinski definition) is 5. The highest BCUT2D eigenvalue weighted by Gasteiger charge is 2.20. The van der Waals surface area contributed by atoms with Crippen molar-refractivity contribution in [2.45, 2.75) is 46.5 Å². The fourth-order valence-electron chi connectivity index (χ4n) is 2.85. The minimum Gasteiger partial charge on any atom is -0.291 e. The Bertz CT molecular complexity index is 1020. The van der Waals surface area contributed by atoms with E-state index in [1.54, 1.807) is 16.5 Å². The van der Waals surface area contributed by atoms with E-state index in [0.29, 0.717) is 16.7 Å². The molecule has 0 radical (unpaired) electrons. The fraction of sp³-hybridized carbons (Fsp3) is 0.444. The van der Waals surface area contributed by atoms with E-state index in [-0.39, 0.29) is 17.9 Å². The molecular weight excluding hydrogens is 350 g/mol. The molecule has 0 saturated carbocycles. The number of hydrogen-bond donors (Lipinski definition) is 1. The summed E-state index contributed by atoms with van der Waals surface area (Å²) >= 11 is 1.48. The van der Waals surface area contributed by atoms with Crippen molar-refractivity contribution >= 4 is 28.0 Å². The van der Waals surface area contributed by atoms with Crippen LogP contribution in [0.3, 0.4) is 0 Å². The number of likely N-dealkylation sites (N-methyl/N-ethyl adjacent to an activating group) is 1. The summed E-state index contributed by atoms with van der Waals surface area (Å²) in [6.45, 7) is 7.99. The van der Waals surface area contributed by atoms with Crippen LogP contribution in [0.15, 0.2) is 16.2 Å². The lowest BCUT2D eigenvalue weighted by Crippen LogP contribution is -2.28. The molecule has 3 heterocycles. The van der Waals surface area contributed by atoms with Crippen molar-refractivity contribution in [1.29, 1.82) is 0 Å². The van der Waals surface area contributed by atoms with Crippen LogP contribution in [0.4, 0.5) is 5.13 Å². The van der Waals surface area contributed by atoms with Gasteiger partial charge in [-0.05, 0) is 26.2 Å². The number of nitrogens with zero attached hydrogens (tertiary/aromatic N) is 4. The molecule has 138 valence electrons. The van der Waals surface area contributed by atoms with Crippen molar-refractivity contribution in [3.63, 3.8) is 0 Å². The Kier molecular flexibility index (Phi) is 4.95. The van der Waals surface area contributed by atoms with Crippen molar-refractivity contribution in [2.75, 3.05) is 11.9 Å². The predicted molar refractivity (Wildman–Crippen MR) is 103 cm³/mol. The lowest BCUT2D eigenvalue weighted by Gasteiger charge is -2.16. The summed E-state index contributed by atoms with van der Waals surface area (Å²) in [6.07, 6.45) is 1.22. The summed E-state index contributed by atoms with van der Waals surface area (Å²) in [5.74, 6) is 0.321. The van der Waals surface area contributed by atoms with Gasteiger partial charge in [0, 0.05) is 35.4 Å². The van der Waals surface area contributed by atoms with E-state index in [0.717, 1.165) is 29.1 Å². The number of carbonyl (C=O) groups is 1. The Morgan fingerprint density at radius 3 is 2.81 bits per heavy atom. The topological polar surface area (TPSA) is 83.4 Å². The number of rotatable bonds is 5. The summed E-state index contributed by atoms with van der Waals surface area (Å²) in [7, 11) is 1.75. The molecule has 8 heteroatoms. The highest BCUT2D eigenvalue weighted by molar-refractivity contribution is 7.14. The molecule has 26 heavy (non-hydrogen) atoms. The molecule has 1 atom stereocenters. The van der Waals surface area contributed by atoms with Crippen LogP contribution in [-0.2, 0) is 11.2 Å². The van der Waals surface area contributed by atoms with E-state index in [4.69, 9.17) is 0 Å². The number of aryl methyl sites for hydroxylation is 2. The van der Waals surface area contributed by atoms with Gasteiger partial charge >= 0.3 is 0 Å². The van der Waals surface area contributed by atoms with Crippen LogP contribution in [0.1, 0.15) is 48.8 Å². The molecular formula is C18H23N5O2S. The predicted octanol–water partition coefficient (Wildman–Crippen LogP) is 2.81. The van der Waals surface area contributed by atoms with Crippen molar-refractivity contribution in [2.24, 2.45) is 0 Å². The first-order valence-corrected chi connectivity index (χ1v) is 9.49. The lowest BCUT2D eigenvalue weighted by atomic mass is 10.1. The molecule has 0 unspecified atom stereocenters. The SMILES string of the molecule is CC[C@H](C)c1csc(N(C)C(=O)Cc2c(C)nc3cc(=O)[nH]n3c2C)n1. The summed E-state index contributed by atoms with van der Waals surface area (Å²) in [4.78, 5) is 35.0. The van der Waals surface area contributed by atoms with E-state index in [2.05, 4.69) is 28.9 Å². The second kappa shape index (κ2) is 7.03. The zero-order valence-electron chi connectivity index (χ0n) is 15.7. The Hall–Kier alpha value is -2.48. The normalized spacial score (nSPS) is 12.5. The van der Waals surface area contributed by atoms with Crippen LogP contribution >= 0.6 is 11.3 Å². The molecule has 1 N–H and O–H groups in total. The van der Waals surface area contributed by atoms with E-state index >= 15 is 0 Å². The minimum atomic E-state index is -0.207. The number of thiazole rings is 1. The van der Waals surface area contributed by atoms with Crippen LogP contribution < -0.4 is 10.5 Å². The molecule has 0 saturated heterocycles. The third kappa shape index (κ3) is 3.29. The standard InChI is InChI=1S/C18H23N5O2S/c1-6-10(2)14-9-26-18(20-14)22(5)17(25)7-13-11(3)19-15-8-16(24)21-23(15)12(13)4/h8-10H,6-7H2,1-5H3,(H,21,24)/t10-/m0/s1. The summed E-state index contributed by atoms with van der Waals surface area (Å²) in [5, 5.41) is 5.43. The van der Waals surface area contributed by atoms with E-state index < -0.39 is 0 Å². The van der Waals surface area contributed by atoms with Gasteiger partial charge in [-0.25, -0.2) is 14.5 Å². The summed E-state index contributed by atoms with van der Waals surface area (Å²) < 4.78 is 1.63. The Balaban J connectivity index is 1.86. The first-order valence-electron chi connectivity index (χ1n) is 8.61. The number of H-pyrrole nitrogens is 1. The second-order valence-corrected chi connectivity index (χ2v) is 7.41. The molecule has 0 fully saturated rings. The highest BCUT2D eigenvalue weighted by Crippen LogP contribution is 2.26. The average Bonchev–Trinajstić information content (AvgIpc) is 3.23. The largest absolute Gasteiger partial charge is 0.291 e. The fourth-order valence-corrected chi connectivity index (χ4v) is 3.78. The third-order valence-electron chi connectivity index (χ3n) is 4.82. The number of fused-ring (bicyclic) bond motifs is 1. The van der Waals surface area contributed by atoms with Gasteiger partial charge in [0.1, 0.15) is 0 Å². The molecule has 0 aromatic carbocycles. The van der Waals surface area contributed by atoms with Gasteiger partial charge in [0.2, 0.25) is 5.91 Å². The molecule has 7 nitrogen and oxygen atoms in total. The number of nitrogens with one attached hydrogen (secondary N) is 1.